The normalized spacial score (nSPS) is 21.0. The molecular formula is C14H24N2O. The maximum atomic E-state index is 5.32. The molecule has 0 saturated carbocycles. The first-order chi connectivity index (χ1) is 8.25. The molecule has 0 spiro atoms. The number of furan rings is 1. The molecule has 2 heterocycles. The van der Waals surface area contributed by atoms with Gasteiger partial charge in [0.25, 0.3) is 0 Å². The number of hydrogen-bond acceptors (Lipinski definition) is 3. The molecule has 0 aliphatic carbocycles. The summed E-state index contributed by atoms with van der Waals surface area (Å²) >= 11 is 0. The summed E-state index contributed by atoms with van der Waals surface area (Å²) < 4.78 is 5.32. The Labute approximate surface area is 104 Å². The largest absolute Gasteiger partial charge is 0.469 e. The predicted molar refractivity (Wildman–Crippen MR) is 70.0 cm³/mol. The van der Waals surface area contributed by atoms with Gasteiger partial charge < -0.3 is 14.6 Å². The van der Waals surface area contributed by atoms with Crippen LogP contribution in [0.4, 0.5) is 0 Å². The van der Waals surface area contributed by atoms with Crippen molar-refractivity contribution in [2.45, 2.75) is 32.7 Å². The molecule has 0 bridgehead atoms. The summed E-state index contributed by atoms with van der Waals surface area (Å²) in [7, 11) is 2.20. The Kier molecular flexibility index (Phi) is 4.63. The van der Waals surface area contributed by atoms with Crippen molar-refractivity contribution in [3.63, 3.8) is 0 Å². The molecule has 1 aromatic heterocycles. The van der Waals surface area contributed by atoms with E-state index in [0.717, 1.165) is 18.2 Å². The number of piperidine rings is 1. The van der Waals surface area contributed by atoms with Crippen molar-refractivity contribution < 1.29 is 4.42 Å². The van der Waals surface area contributed by atoms with Gasteiger partial charge >= 0.3 is 0 Å². The zero-order valence-electron chi connectivity index (χ0n) is 11.0. The highest BCUT2D eigenvalue weighted by atomic mass is 16.3. The SMILES string of the molecule is Cc1occc1CN(C)CCC1CCCNC1. The van der Waals surface area contributed by atoms with Gasteiger partial charge in [-0.2, -0.15) is 0 Å². The maximum Gasteiger partial charge on any atom is 0.105 e. The van der Waals surface area contributed by atoms with Crippen molar-refractivity contribution in [2.24, 2.45) is 5.92 Å². The molecule has 17 heavy (non-hydrogen) atoms. The molecule has 1 N–H and O–H groups in total. The van der Waals surface area contributed by atoms with Gasteiger partial charge in [-0.1, -0.05) is 0 Å². The molecular weight excluding hydrogens is 212 g/mol. The third-order valence-electron chi connectivity index (χ3n) is 3.72. The Morgan fingerprint density at radius 1 is 1.53 bits per heavy atom. The van der Waals surface area contributed by atoms with Crippen molar-refractivity contribution >= 4 is 0 Å². The van der Waals surface area contributed by atoms with E-state index in [1.54, 1.807) is 6.26 Å². The second-order valence-corrected chi connectivity index (χ2v) is 5.24. The minimum absolute atomic E-state index is 0.872. The van der Waals surface area contributed by atoms with Crippen LogP contribution in [0.5, 0.6) is 0 Å². The molecule has 3 nitrogen and oxygen atoms in total. The van der Waals surface area contributed by atoms with Gasteiger partial charge in [-0.3, -0.25) is 0 Å². The van der Waals surface area contributed by atoms with E-state index in [4.69, 9.17) is 4.42 Å². The lowest BCUT2D eigenvalue weighted by Crippen LogP contribution is -2.32. The van der Waals surface area contributed by atoms with Gasteiger partial charge in [0, 0.05) is 12.1 Å². The van der Waals surface area contributed by atoms with Crippen LogP contribution in [0.2, 0.25) is 0 Å². The van der Waals surface area contributed by atoms with E-state index in [2.05, 4.69) is 23.3 Å². The van der Waals surface area contributed by atoms with Gasteiger partial charge in [0.2, 0.25) is 0 Å². The van der Waals surface area contributed by atoms with E-state index in [0.29, 0.717) is 0 Å². The second kappa shape index (κ2) is 6.22. The molecule has 1 aliphatic rings. The topological polar surface area (TPSA) is 28.4 Å². The van der Waals surface area contributed by atoms with E-state index in [1.807, 2.05) is 6.92 Å². The fourth-order valence-electron chi connectivity index (χ4n) is 2.52. The van der Waals surface area contributed by atoms with Crippen LogP contribution >= 0.6 is 0 Å². The van der Waals surface area contributed by atoms with Crippen LogP contribution in [0.3, 0.4) is 0 Å². The Morgan fingerprint density at radius 3 is 3.06 bits per heavy atom. The molecule has 1 atom stereocenters. The zero-order chi connectivity index (χ0) is 12.1. The molecule has 3 heteroatoms. The van der Waals surface area contributed by atoms with Crippen molar-refractivity contribution in [2.75, 3.05) is 26.7 Å². The Bertz CT molecular complexity index is 329. The molecule has 0 radical (unpaired) electrons. The van der Waals surface area contributed by atoms with Crippen molar-refractivity contribution in [1.29, 1.82) is 0 Å². The monoisotopic (exact) mass is 236 g/mol. The van der Waals surface area contributed by atoms with Gasteiger partial charge in [-0.25, -0.2) is 0 Å². The fraction of sp³-hybridized carbons (Fsp3) is 0.714. The Morgan fingerprint density at radius 2 is 2.41 bits per heavy atom. The number of nitrogens with zero attached hydrogens (tertiary/aromatic N) is 1. The third kappa shape index (κ3) is 3.86. The van der Waals surface area contributed by atoms with Crippen LogP contribution < -0.4 is 5.32 Å². The summed E-state index contributed by atoms with van der Waals surface area (Å²) in [6.07, 6.45) is 5.82. The van der Waals surface area contributed by atoms with Crippen molar-refractivity contribution in [3.05, 3.63) is 23.7 Å². The molecule has 1 saturated heterocycles. The van der Waals surface area contributed by atoms with Crippen LogP contribution in [0.1, 0.15) is 30.6 Å². The summed E-state index contributed by atoms with van der Waals surface area (Å²) in [6.45, 7) is 6.63. The number of aryl methyl sites for hydroxylation is 1. The predicted octanol–water partition coefficient (Wildman–Crippen LogP) is 2.41. The standard InChI is InChI=1S/C14H24N2O/c1-12-14(6-9-17-12)11-16(2)8-5-13-4-3-7-15-10-13/h6,9,13,15H,3-5,7-8,10-11H2,1-2H3. The summed E-state index contributed by atoms with van der Waals surface area (Å²) in [5, 5.41) is 3.48. The average Bonchev–Trinajstić information content (AvgIpc) is 2.74. The average molecular weight is 236 g/mol. The van der Waals surface area contributed by atoms with E-state index in [1.165, 1.54) is 44.5 Å². The zero-order valence-corrected chi connectivity index (χ0v) is 11.0. The number of nitrogens with one attached hydrogen (secondary N) is 1. The molecule has 2 rings (SSSR count). The molecule has 1 aliphatic heterocycles. The first-order valence-electron chi connectivity index (χ1n) is 6.68. The van der Waals surface area contributed by atoms with Crippen LogP contribution in [-0.2, 0) is 6.54 Å². The molecule has 1 fully saturated rings. The summed E-state index contributed by atoms with van der Waals surface area (Å²) in [4.78, 5) is 2.40. The van der Waals surface area contributed by atoms with Gasteiger partial charge in [0.1, 0.15) is 5.76 Å². The Balaban J connectivity index is 1.70. The lowest BCUT2D eigenvalue weighted by atomic mass is 9.96. The van der Waals surface area contributed by atoms with E-state index < -0.39 is 0 Å². The lowest BCUT2D eigenvalue weighted by Gasteiger charge is -2.25. The summed E-state index contributed by atoms with van der Waals surface area (Å²) in [5.41, 5.74) is 1.31. The first-order valence-corrected chi connectivity index (χ1v) is 6.68. The van der Waals surface area contributed by atoms with Crippen LogP contribution in [0.25, 0.3) is 0 Å². The Hall–Kier alpha value is -0.800. The minimum atomic E-state index is 0.872. The van der Waals surface area contributed by atoms with Crippen LogP contribution in [0.15, 0.2) is 16.7 Å². The molecule has 0 aromatic carbocycles. The third-order valence-corrected chi connectivity index (χ3v) is 3.72. The first kappa shape index (κ1) is 12.7. The fourth-order valence-corrected chi connectivity index (χ4v) is 2.52. The molecule has 0 amide bonds. The van der Waals surface area contributed by atoms with E-state index >= 15 is 0 Å². The second-order valence-electron chi connectivity index (χ2n) is 5.24. The van der Waals surface area contributed by atoms with Crippen LogP contribution in [-0.4, -0.2) is 31.6 Å². The van der Waals surface area contributed by atoms with Crippen molar-refractivity contribution in [3.8, 4) is 0 Å². The van der Waals surface area contributed by atoms with Gasteiger partial charge in [-0.05, 0) is 64.9 Å². The van der Waals surface area contributed by atoms with Gasteiger partial charge in [0.05, 0.1) is 6.26 Å². The highest BCUT2D eigenvalue weighted by Crippen LogP contribution is 2.16. The van der Waals surface area contributed by atoms with Gasteiger partial charge in [0.15, 0.2) is 0 Å². The minimum Gasteiger partial charge on any atom is -0.469 e. The van der Waals surface area contributed by atoms with E-state index in [9.17, 15) is 0 Å². The summed E-state index contributed by atoms with van der Waals surface area (Å²) in [5.74, 6) is 1.92. The maximum absolute atomic E-state index is 5.32. The smallest absolute Gasteiger partial charge is 0.105 e. The highest BCUT2D eigenvalue weighted by Gasteiger charge is 2.13. The molecule has 1 unspecified atom stereocenters. The van der Waals surface area contributed by atoms with Gasteiger partial charge in [-0.15, -0.1) is 0 Å². The quantitative estimate of drug-likeness (QED) is 0.851. The lowest BCUT2D eigenvalue weighted by molar-refractivity contribution is 0.267. The molecule has 96 valence electrons. The number of hydrogen-bond donors (Lipinski definition) is 1. The summed E-state index contributed by atoms with van der Waals surface area (Å²) in [6, 6.07) is 2.08. The van der Waals surface area contributed by atoms with Crippen LogP contribution in [0, 0.1) is 12.8 Å². The highest BCUT2D eigenvalue weighted by molar-refractivity contribution is 5.14. The van der Waals surface area contributed by atoms with Crippen molar-refractivity contribution in [1.82, 2.24) is 10.2 Å². The molecule has 1 aromatic rings. The van der Waals surface area contributed by atoms with E-state index in [-0.39, 0.29) is 0 Å². The number of rotatable bonds is 5.